The van der Waals surface area contributed by atoms with Gasteiger partial charge in [0.2, 0.25) is 6.41 Å². The molecule has 1 aliphatic heterocycles. The summed E-state index contributed by atoms with van der Waals surface area (Å²) in [6.07, 6.45) is 6.42. The number of pyridine rings is 1. The van der Waals surface area contributed by atoms with Crippen LogP contribution in [0, 0.1) is 5.82 Å². The first-order valence-electron chi connectivity index (χ1n) is 6.20. The molecular weight excluding hydrogens is 247 g/mol. The number of nitrogens with one attached hydrogen (secondary N) is 1. The van der Waals surface area contributed by atoms with Crippen molar-refractivity contribution in [2.45, 2.75) is 25.8 Å². The first-order valence-corrected chi connectivity index (χ1v) is 6.20. The minimum atomic E-state index is -0.405. The monoisotopic (exact) mass is 262 g/mol. The second kappa shape index (κ2) is 4.79. The Morgan fingerprint density at radius 2 is 2.26 bits per heavy atom. The first-order chi connectivity index (χ1) is 9.29. The van der Waals surface area contributed by atoms with E-state index in [1.807, 2.05) is 4.68 Å². The lowest BCUT2D eigenvalue weighted by Gasteiger charge is -2.15. The largest absolute Gasteiger partial charge is 0.313 e. The van der Waals surface area contributed by atoms with Crippen molar-refractivity contribution in [3.8, 4) is 11.1 Å². The van der Waals surface area contributed by atoms with E-state index in [-0.39, 0.29) is 1.43 Å². The predicted molar refractivity (Wildman–Crippen MR) is 70.2 cm³/mol. The van der Waals surface area contributed by atoms with Crippen molar-refractivity contribution in [1.29, 1.82) is 0 Å². The van der Waals surface area contributed by atoms with Crippen molar-refractivity contribution in [1.82, 2.24) is 14.8 Å². The van der Waals surface area contributed by atoms with E-state index in [0.717, 1.165) is 43.3 Å². The zero-order valence-corrected chi connectivity index (χ0v) is 10.3. The maximum atomic E-state index is 13.9. The lowest BCUT2D eigenvalue weighted by Crippen LogP contribution is -2.11. The van der Waals surface area contributed by atoms with Gasteiger partial charge in [0.1, 0.15) is 11.6 Å². The number of rotatable bonds is 3. The van der Waals surface area contributed by atoms with Gasteiger partial charge in [0.15, 0.2) is 0 Å². The normalized spacial score (nSPS) is 13.9. The van der Waals surface area contributed by atoms with Gasteiger partial charge in [0, 0.05) is 24.8 Å². The summed E-state index contributed by atoms with van der Waals surface area (Å²) in [4.78, 5) is 14.2. The molecule has 1 aliphatic rings. The van der Waals surface area contributed by atoms with E-state index in [1.165, 1.54) is 6.07 Å². The summed E-state index contributed by atoms with van der Waals surface area (Å²) >= 11 is 0. The smallest absolute Gasteiger partial charge is 0.212 e. The standard InChI is InChI=1S/C13H13FN4O.H2/c14-11-7-15-13(16-8-19)5-9(11)10-6-17-18-4-2-1-3-12(10)18;/h5-8H,1-4H2,(H,15,16,19);1H. The molecule has 0 unspecified atom stereocenters. The van der Waals surface area contributed by atoms with Crippen LogP contribution in [0.4, 0.5) is 10.2 Å². The second-order valence-corrected chi connectivity index (χ2v) is 4.50. The van der Waals surface area contributed by atoms with Gasteiger partial charge in [-0.2, -0.15) is 5.10 Å². The SMILES string of the molecule is O=CNc1cc(-c2cnn3c2CCCC3)c(F)cn1.[HH]. The molecule has 0 saturated heterocycles. The van der Waals surface area contributed by atoms with Crippen molar-refractivity contribution in [2.75, 3.05) is 5.32 Å². The van der Waals surface area contributed by atoms with Crippen LogP contribution in [0.2, 0.25) is 0 Å². The van der Waals surface area contributed by atoms with E-state index in [1.54, 1.807) is 6.20 Å². The Morgan fingerprint density at radius 1 is 1.37 bits per heavy atom. The molecule has 19 heavy (non-hydrogen) atoms. The lowest BCUT2D eigenvalue weighted by atomic mass is 10.0. The number of anilines is 1. The molecule has 0 bridgehead atoms. The highest BCUT2D eigenvalue weighted by molar-refractivity contribution is 5.74. The molecule has 0 aliphatic carbocycles. The fraction of sp³-hybridized carbons (Fsp3) is 0.308. The van der Waals surface area contributed by atoms with Gasteiger partial charge in [-0.1, -0.05) is 0 Å². The fourth-order valence-corrected chi connectivity index (χ4v) is 2.43. The topological polar surface area (TPSA) is 59.8 Å². The average molecular weight is 262 g/mol. The van der Waals surface area contributed by atoms with Crippen LogP contribution in [0.15, 0.2) is 18.5 Å². The van der Waals surface area contributed by atoms with E-state index in [9.17, 15) is 9.18 Å². The van der Waals surface area contributed by atoms with Crippen LogP contribution in [0.1, 0.15) is 20.0 Å². The Bertz CT molecular complexity index is 629. The van der Waals surface area contributed by atoms with Crippen molar-refractivity contribution in [3.05, 3.63) is 30.0 Å². The van der Waals surface area contributed by atoms with Crippen LogP contribution < -0.4 is 5.32 Å². The lowest BCUT2D eigenvalue weighted by molar-refractivity contribution is -0.105. The third kappa shape index (κ3) is 2.09. The summed E-state index contributed by atoms with van der Waals surface area (Å²) in [6.45, 7) is 0.876. The van der Waals surface area contributed by atoms with Crippen LogP contribution in [-0.2, 0) is 17.8 Å². The number of nitrogens with zero attached hydrogens (tertiary/aromatic N) is 3. The third-order valence-electron chi connectivity index (χ3n) is 3.33. The van der Waals surface area contributed by atoms with Gasteiger partial charge in [-0.3, -0.25) is 9.48 Å². The summed E-state index contributed by atoms with van der Waals surface area (Å²) in [5.41, 5.74) is 2.27. The van der Waals surface area contributed by atoms with Crippen LogP contribution in [0.5, 0.6) is 0 Å². The maximum absolute atomic E-state index is 13.9. The molecule has 0 atom stereocenters. The second-order valence-electron chi connectivity index (χ2n) is 4.50. The summed E-state index contributed by atoms with van der Waals surface area (Å²) in [7, 11) is 0. The molecule has 0 fully saturated rings. The number of carbonyl (C=O) groups is 1. The fourth-order valence-electron chi connectivity index (χ4n) is 2.43. The molecule has 0 aromatic carbocycles. The summed E-state index contributed by atoms with van der Waals surface area (Å²) in [6, 6.07) is 1.54. The Balaban J connectivity index is 0.00000147. The number of fused-ring (bicyclic) bond motifs is 1. The number of carbonyl (C=O) groups excluding carboxylic acids is 1. The van der Waals surface area contributed by atoms with Crippen molar-refractivity contribution >= 4 is 12.2 Å². The number of hydrogen-bond donors (Lipinski definition) is 1. The van der Waals surface area contributed by atoms with Gasteiger partial charge in [-0.25, -0.2) is 9.37 Å². The Kier molecular flexibility index (Phi) is 2.98. The highest BCUT2D eigenvalue weighted by Crippen LogP contribution is 2.30. The molecule has 100 valence electrons. The molecule has 3 heterocycles. The summed E-state index contributed by atoms with van der Waals surface area (Å²) in [5.74, 6) is -0.0695. The number of aryl methyl sites for hydroxylation is 1. The molecule has 1 N–H and O–H groups in total. The Morgan fingerprint density at radius 3 is 3.11 bits per heavy atom. The number of amides is 1. The quantitative estimate of drug-likeness (QED) is 0.863. The molecule has 0 spiro atoms. The molecule has 2 aromatic heterocycles. The van der Waals surface area contributed by atoms with Gasteiger partial charge in [-0.05, 0) is 25.3 Å². The Labute approximate surface area is 110 Å². The van der Waals surface area contributed by atoms with Gasteiger partial charge in [0.25, 0.3) is 0 Å². The van der Waals surface area contributed by atoms with Crippen LogP contribution in [0.25, 0.3) is 11.1 Å². The zero-order chi connectivity index (χ0) is 13.2. The minimum absolute atomic E-state index is 0. The van der Waals surface area contributed by atoms with Gasteiger partial charge < -0.3 is 5.32 Å². The molecule has 5 nitrogen and oxygen atoms in total. The zero-order valence-electron chi connectivity index (χ0n) is 10.3. The average Bonchev–Trinajstić information content (AvgIpc) is 2.85. The van der Waals surface area contributed by atoms with E-state index in [2.05, 4.69) is 15.4 Å². The molecule has 6 heteroatoms. The van der Waals surface area contributed by atoms with Crippen molar-refractivity contribution < 1.29 is 10.6 Å². The predicted octanol–water partition coefficient (Wildman–Crippen LogP) is 2.23. The van der Waals surface area contributed by atoms with Crippen molar-refractivity contribution in [2.24, 2.45) is 0 Å². The maximum Gasteiger partial charge on any atom is 0.212 e. The van der Waals surface area contributed by atoms with E-state index in [0.29, 0.717) is 17.8 Å². The first kappa shape index (κ1) is 11.8. The van der Waals surface area contributed by atoms with Crippen LogP contribution in [0.3, 0.4) is 0 Å². The minimum Gasteiger partial charge on any atom is -0.313 e. The number of hydrogen-bond acceptors (Lipinski definition) is 3. The van der Waals surface area contributed by atoms with E-state index in [4.69, 9.17) is 0 Å². The van der Waals surface area contributed by atoms with Crippen LogP contribution in [-0.4, -0.2) is 21.2 Å². The Hall–Kier alpha value is -2.24. The van der Waals surface area contributed by atoms with Crippen LogP contribution >= 0.6 is 0 Å². The molecule has 2 aromatic rings. The van der Waals surface area contributed by atoms with Gasteiger partial charge >= 0.3 is 0 Å². The van der Waals surface area contributed by atoms with Gasteiger partial charge in [0.05, 0.1) is 12.4 Å². The van der Waals surface area contributed by atoms with E-state index >= 15 is 0 Å². The molecule has 0 radical (unpaired) electrons. The number of halogens is 1. The summed E-state index contributed by atoms with van der Waals surface area (Å²) < 4.78 is 15.8. The highest BCUT2D eigenvalue weighted by atomic mass is 19.1. The highest BCUT2D eigenvalue weighted by Gasteiger charge is 2.18. The third-order valence-corrected chi connectivity index (χ3v) is 3.33. The van der Waals surface area contributed by atoms with Gasteiger partial charge in [-0.15, -0.1) is 0 Å². The van der Waals surface area contributed by atoms with E-state index < -0.39 is 5.82 Å². The molecule has 1 amide bonds. The molecule has 0 saturated carbocycles. The number of aromatic nitrogens is 3. The summed E-state index contributed by atoms with van der Waals surface area (Å²) in [5, 5.41) is 6.72. The van der Waals surface area contributed by atoms with Crippen molar-refractivity contribution in [3.63, 3.8) is 0 Å². The molecule has 3 rings (SSSR count). The molecular formula is C13H15FN4O.